The molecule has 120 valence electrons. The van der Waals surface area contributed by atoms with E-state index in [9.17, 15) is 18.4 Å². The number of nitrogens with zero attached hydrogens (tertiary/aromatic N) is 2. The molecule has 2 unspecified atom stereocenters. The molecule has 2 atom stereocenters. The number of rotatable bonds is 4. The number of halogens is 3. The summed E-state index contributed by atoms with van der Waals surface area (Å²) in [4.78, 5) is 2.16. The van der Waals surface area contributed by atoms with Crippen molar-refractivity contribution in [2.75, 3.05) is 19.6 Å². The Labute approximate surface area is 124 Å². The molecule has 21 heavy (non-hydrogen) atoms. The maximum atomic E-state index is 12.7. The smallest absolute Gasteiger partial charge is 0.300 e. The molecule has 0 aromatic carbocycles. The molecule has 3 nitrogen and oxygen atoms in total. The van der Waals surface area contributed by atoms with Crippen molar-refractivity contribution in [3.05, 3.63) is 0 Å². The highest BCUT2D eigenvalue weighted by molar-refractivity contribution is 5.13. The van der Waals surface area contributed by atoms with Gasteiger partial charge in [0.25, 0.3) is 0 Å². The molecule has 6 heteroatoms. The van der Waals surface area contributed by atoms with Crippen molar-refractivity contribution >= 4 is 0 Å². The normalized spacial score (nSPS) is 32.2. The zero-order valence-corrected chi connectivity index (χ0v) is 12.5. The van der Waals surface area contributed by atoms with Gasteiger partial charge in [-0.1, -0.05) is 6.92 Å². The molecule has 0 aromatic rings. The van der Waals surface area contributed by atoms with Gasteiger partial charge in [-0.2, -0.15) is 18.4 Å². The summed E-state index contributed by atoms with van der Waals surface area (Å²) >= 11 is 0. The molecule has 0 amide bonds. The Morgan fingerprint density at radius 2 is 1.95 bits per heavy atom. The van der Waals surface area contributed by atoms with Crippen molar-refractivity contribution in [3.8, 4) is 6.07 Å². The second-order valence-corrected chi connectivity index (χ2v) is 6.37. The molecule has 1 heterocycles. The van der Waals surface area contributed by atoms with Crippen molar-refractivity contribution < 1.29 is 13.2 Å². The minimum absolute atomic E-state index is 0.196. The lowest BCUT2D eigenvalue weighted by Gasteiger charge is -2.37. The second kappa shape index (κ2) is 6.53. The Bertz CT molecular complexity index is 383. The Hall–Kier alpha value is -0.800. The van der Waals surface area contributed by atoms with Gasteiger partial charge in [-0.3, -0.25) is 5.32 Å². The van der Waals surface area contributed by atoms with E-state index in [1.807, 2.05) is 0 Å². The monoisotopic (exact) mass is 303 g/mol. The van der Waals surface area contributed by atoms with Crippen LogP contribution in [0, 0.1) is 17.2 Å². The third-order valence-electron chi connectivity index (χ3n) is 4.92. The van der Waals surface area contributed by atoms with Gasteiger partial charge in [-0.15, -0.1) is 0 Å². The van der Waals surface area contributed by atoms with Gasteiger partial charge < -0.3 is 4.90 Å². The molecule has 1 saturated heterocycles. The Balaban J connectivity index is 1.87. The number of nitrogens with one attached hydrogen (secondary N) is 1. The van der Waals surface area contributed by atoms with Crippen LogP contribution in [-0.2, 0) is 0 Å². The number of likely N-dealkylation sites (tertiary alicyclic amines) is 1. The van der Waals surface area contributed by atoms with Crippen molar-refractivity contribution in [1.29, 1.82) is 5.26 Å². The molecular weight excluding hydrogens is 279 g/mol. The fraction of sp³-hybridized carbons (Fsp3) is 0.933. The topological polar surface area (TPSA) is 39.1 Å². The van der Waals surface area contributed by atoms with Crippen LogP contribution in [0.15, 0.2) is 0 Å². The van der Waals surface area contributed by atoms with Crippen LogP contribution in [0.3, 0.4) is 0 Å². The lowest BCUT2D eigenvalue weighted by molar-refractivity contribution is -0.186. The van der Waals surface area contributed by atoms with Crippen LogP contribution in [0.1, 0.15) is 45.4 Å². The van der Waals surface area contributed by atoms with Crippen molar-refractivity contribution in [3.63, 3.8) is 0 Å². The van der Waals surface area contributed by atoms with Crippen LogP contribution in [0.2, 0.25) is 0 Å². The molecule has 2 fully saturated rings. The molecule has 1 N–H and O–H groups in total. The first-order valence-corrected chi connectivity index (χ1v) is 7.87. The predicted octanol–water partition coefficient (Wildman–Crippen LogP) is 3.08. The first-order valence-electron chi connectivity index (χ1n) is 7.87. The number of piperidine rings is 1. The van der Waals surface area contributed by atoms with E-state index in [4.69, 9.17) is 0 Å². The van der Waals surface area contributed by atoms with Crippen LogP contribution in [0.5, 0.6) is 0 Å². The Kier molecular flexibility index (Phi) is 5.15. The number of hydrogen-bond donors (Lipinski definition) is 1. The quantitative estimate of drug-likeness (QED) is 0.867. The third-order valence-corrected chi connectivity index (χ3v) is 4.92. The van der Waals surface area contributed by atoms with Crippen LogP contribution < -0.4 is 5.32 Å². The first-order chi connectivity index (χ1) is 9.90. The van der Waals surface area contributed by atoms with E-state index in [2.05, 4.69) is 23.2 Å². The largest absolute Gasteiger partial charge is 0.391 e. The van der Waals surface area contributed by atoms with E-state index in [0.29, 0.717) is 13.1 Å². The van der Waals surface area contributed by atoms with E-state index >= 15 is 0 Å². The summed E-state index contributed by atoms with van der Waals surface area (Å²) in [6.07, 6.45) is -0.246. The highest BCUT2D eigenvalue weighted by Gasteiger charge is 2.45. The first kappa shape index (κ1) is 16.6. The SMILES string of the molecule is CCCNC1(C#N)CCC(N2CCC(C(F)(F)F)CC2)C1. The van der Waals surface area contributed by atoms with E-state index in [0.717, 1.165) is 32.2 Å². The molecule has 0 spiro atoms. The zero-order valence-electron chi connectivity index (χ0n) is 12.5. The highest BCUT2D eigenvalue weighted by atomic mass is 19.4. The molecule has 1 aliphatic heterocycles. The standard InChI is InChI=1S/C15H24F3N3/c1-2-7-20-14(11-19)6-3-13(10-14)21-8-4-12(5-9-21)15(16,17)18/h12-13,20H,2-10H2,1H3. The summed E-state index contributed by atoms with van der Waals surface area (Å²) < 4.78 is 38.1. The van der Waals surface area contributed by atoms with Gasteiger partial charge in [0, 0.05) is 6.04 Å². The van der Waals surface area contributed by atoms with Gasteiger partial charge >= 0.3 is 6.18 Å². The number of alkyl halides is 3. The van der Waals surface area contributed by atoms with Crippen molar-refractivity contribution in [2.24, 2.45) is 5.92 Å². The van der Waals surface area contributed by atoms with Gasteiger partial charge in [0.15, 0.2) is 0 Å². The van der Waals surface area contributed by atoms with Gasteiger partial charge in [-0.25, -0.2) is 0 Å². The van der Waals surface area contributed by atoms with Gasteiger partial charge in [0.1, 0.15) is 5.54 Å². The average Bonchev–Trinajstić information content (AvgIpc) is 2.89. The minimum atomic E-state index is -4.05. The van der Waals surface area contributed by atoms with Crippen molar-refractivity contribution in [2.45, 2.75) is 63.2 Å². The Morgan fingerprint density at radius 1 is 1.29 bits per heavy atom. The molecule has 0 radical (unpaired) electrons. The van der Waals surface area contributed by atoms with Gasteiger partial charge in [0.2, 0.25) is 0 Å². The van der Waals surface area contributed by atoms with Gasteiger partial charge in [0.05, 0.1) is 12.0 Å². The maximum absolute atomic E-state index is 12.7. The summed E-state index contributed by atoms with van der Waals surface area (Å²) in [6, 6.07) is 2.65. The summed E-state index contributed by atoms with van der Waals surface area (Å²) in [5.41, 5.74) is -0.471. The zero-order chi connectivity index (χ0) is 15.5. The van der Waals surface area contributed by atoms with Crippen molar-refractivity contribution in [1.82, 2.24) is 10.2 Å². The fourth-order valence-corrected chi connectivity index (χ4v) is 3.59. The number of hydrogen-bond acceptors (Lipinski definition) is 3. The second-order valence-electron chi connectivity index (χ2n) is 6.37. The van der Waals surface area contributed by atoms with Crippen LogP contribution in [-0.4, -0.2) is 42.3 Å². The van der Waals surface area contributed by atoms with Crippen LogP contribution >= 0.6 is 0 Å². The molecule has 2 rings (SSSR count). The minimum Gasteiger partial charge on any atom is -0.300 e. The predicted molar refractivity (Wildman–Crippen MR) is 74.6 cm³/mol. The van der Waals surface area contributed by atoms with Crippen LogP contribution in [0.4, 0.5) is 13.2 Å². The fourth-order valence-electron chi connectivity index (χ4n) is 3.59. The van der Waals surface area contributed by atoms with E-state index < -0.39 is 17.6 Å². The molecular formula is C15H24F3N3. The highest BCUT2D eigenvalue weighted by Crippen LogP contribution is 2.38. The lowest BCUT2D eigenvalue weighted by atomic mass is 9.94. The summed E-state index contributed by atoms with van der Waals surface area (Å²) in [7, 11) is 0. The average molecular weight is 303 g/mol. The lowest BCUT2D eigenvalue weighted by Crippen LogP contribution is -2.47. The van der Waals surface area contributed by atoms with E-state index in [-0.39, 0.29) is 18.9 Å². The van der Waals surface area contributed by atoms with E-state index in [1.165, 1.54) is 0 Å². The molecule has 0 aromatic heterocycles. The molecule has 1 saturated carbocycles. The molecule has 1 aliphatic carbocycles. The Morgan fingerprint density at radius 3 is 2.48 bits per heavy atom. The molecule has 0 bridgehead atoms. The summed E-state index contributed by atoms with van der Waals surface area (Å²) in [5.74, 6) is -1.14. The maximum Gasteiger partial charge on any atom is 0.391 e. The summed E-state index contributed by atoms with van der Waals surface area (Å²) in [6.45, 7) is 3.89. The third kappa shape index (κ3) is 3.89. The summed E-state index contributed by atoms with van der Waals surface area (Å²) in [5, 5.41) is 12.8. The molecule has 2 aliphatic rings. The number of nitriles is 1. The van der Waals surface area contributed by atoms with Crippen LogP contribution in [0.25, 0.3) is 0 Å². The van der Waals surface area contributed by atoms with E-state index in [1.54, 1.807) is 0 Å². The van der Waals surface area contributed by atoms with Gasteiger partial charge in [-0.05, 0) is 58.2 Å².